The van der Waals surface area contributed by atoms with E-state index in [9.17, 15) is 0 Å². The van der Waals surface area contributed by atoms with E-state index in [0.717, 1.165) is 33.8 Å². The normalized spacial score (nSPS) is 11.7. The minimum absolute atomic E-state index is 0. The molecule has 3 aromatic rings. The second-order valence-corrected chi connectivity index (χ2v) is 6.68. The average molecular weight is 410 g/mol. The Hall–Kier alpha value is -1.12. The van der Waals surface area contributed by atoms with Crippen LogP contribution in [0.3, 0.4) is 0 Å². The lowest BCUT2D eigenvalue weighted by atomic mass is 10.1. The van der Waals surface area contributed by atoms with E-state index in [1.165, 1.54) is 4.88 Å². The Labute approximate surface area is 161 Å². The van der Waals surface area contributed by atoms with Gasteiger partial charge in [-0.3, -0.25) is 0 Å². The summed E-state index contributed by atoms with van der Waals surface area (Å²) < 4.78 is 1.00. The van der Waals surface area contributed by atoms with Crippen LogP contribution in [0.5, 0.6) is 0 Å². The predicted octanol–water partition coefficient (Wildman–Crippen LogP) is 3.72. The fraction of sp³-hybridized carbons (Fsp3) is 0.357. The van der Waals surface area contributed by atoms with Crippen molar-refractivity contribution in [1.29, 1.82) is 0 Å². The number of thiophene rings is 1. The van der Waals surface area contributed by atoms with Gasteiger partial charge in [0.1, 0.15) is 11.6 Å². The van der Waals surface area contributed by atoms with Gasteiger partial charge in [-0.05, 0) is 37.4 Å². The number of fused-ring (bicyclic) bond motifs is 1. The summed E-state index contributed by atoms with van der Waals surface area (Å²) >= 11 is 7.73. The highest BCUT2D eigenvalue weighted by Gasteiger charge is 2.16. The Morgan fingerprint density at radius 2 is 2.12 bits per heavy atom. The van der Waals surface area contributed by atoms with Gasteiger partial charge in [0, 0.05) is 23.3 Å². The Bertz CT molecular complexity index is 788. The standard InChI is InChI=1S/C14H17ClN6S.2ClH/c1-7(16)5-9-8(2)11-12(22-9)13(21-14(15)20-11)19-6-10-17-3-4-18-10;;/h3-4,7H,5-6,16H2,1-2H3,(H,17,18)(H,19,20,21);2*1H/t7-;;/m0../s1. The number of hydrogen-bond acceptors (Lipinski definition) is 6. The Balaban J connectivity index is 0.00000144. The van der Waals surface area contributed by atoms with Crippen molar-refractivity contribution >= 4 is 63.8 Å². The topological polar surface area (TPSA) is 92.5 Å². The maximum Gasteiger partial charge on any atom is 0.224 e. The maximum atomic E-state index is 6.07. The molecule has 0 aliphatic rings. The molecule has 24 heavy (non-hydrogen) atoms. The number of aromatic nitrogens is 4. The SMILES string of the molecule is Cc1c(C[C@H](C)N)sc2c(NCc3ncc[nH]3)nc(Cl)nc12.Cl.Cl. The van der Waals surface area contributed by atoms with Gasteiger partial charge in [0.2, 0.25) is 5.28 Å². The summed E-state index contributed by atoms with van der Waals surface area (Å²) in [5.74, 6) is 1.57. The number of anilines is 1. The molecular formula is C14H19Cl3N6S. The minimum atomic E-state index is 0. The molecule has 0 spiro atoms. The quantitative estimate of drug-likeness (QED) is 0.558. The van der Waals surface area contributed by atoms with Crippen molar-refractivity contribution < 1.29 is 0 Å². The van der Waals surface area contributed by atoms with E-state index in [4.69, 9.17) is 17.3 Å². The van der Waals surface area contributed by atoms with Crippen LogP contribution in [-0.2, 0) is 13.0 Å². The van der Waals surface area contributed by atoms with Gasteiger partial charge in [0.05, 0.1) is 16.8 Å². The number of aryl methyl sites for hydroxylation is 1. The summed E-state index contributed by atoms with van der Waals surface area (Å²) in [5, 5.41) is 3.51. The molecule has 0 fully saturated rings. The molecule has 3 rings (SSSR count). The summed E-state index contributed by atoms with van der Waals surface area (Å²) in [5.41, 5.74) is 7.94. The summed E-state index contributed by atoms with van der Waals surface area (Å²) in [7, 11) is 0. The average Bonchev–Trinajstić information content (AvgIpc) is 3.07. The van der Waals surface area contributed by atoms with E-state index in [1.807, 2.05) is 6.92 Å². The zero-order valence-corrected chi connectivity index (χ0v) is 16.4. The van der Waals surface area contributed by atoms with Gasteiger partial charge in [-0.1, -0.05) is 0 Å². The molecule has 0 saturated carbocycles. The second kappa shape index (κ2) is 8.82. The summed E-state index contributed by atoms with van der Waals surface area (Å²) in [4.78, 5) is 17.1. The third kappa shape index (κ3) is 4.49. The first-order valence-electron chi connectivity index (χ1n) is 6.98. The number of H-pyrrole nitrogens is 1. The van der Waals surface area contributed by atoms with Crippen molar-refractivity contribution in [3.05, 3.63) is 33.9 Å². The van der Waals surface area contributed by atoms with Crippen molar-refractivity contribution in [1.82, 2.24) is 19.9 Å². The van der Waals surface area contributed by atoms with Crippen LogP contribution in [0.15, 0.2) is 12.4 Å². The smallest absolute Gasteiger partial charge is 0.224 e. The highest BCUT2D eigenvalue weighted by Crippen LogP contribution is 2.35. The highest BCUT2D eigenvalue weighted by atomic mass is 35.5. The number of nitrogens with two attached hydrogens (primary N) is 1. The number of halogens is 3. The fourth-order valence-electron chi connectivity index (χ4n) is 2.27. The van der Waals surface area contributed by atoms with Crippen molar-refractivity contribution in [3.63, 3.8) is 0 Å². The second-order valence-electron chi connectivity index (χ2n) is 5.24. The van der Waals surface area contributed by atoms with Crippen molar-refractivity contribution in [2.75, 3.05) is 5.32 Å². The molecule has 0 amide bonds. The number of nitrogens with zero attached hydrogens (tertiary/aromatic N) is 3. The molecule has 0 radical (unpaired) electrons. The zero-order chi connectivity index (χ0) is 15.7. The third-order valence-corrected chi connectivity index (χ3v) is 4.80. The van der Waals surface area contributed by atoms with Crippen LogP contribution in [0.1, 0.15) is 23.2 Å². The first-order valence-corrected chi connectivity index (χ1v) is 8.17. The number of rotatable bonds is 5. The van der Waals surface area contributed by atoms with E-state index in [1.54, 1.807) is 23.7 Å². The van der Waals surface area contributed by atoms with E-state index in [0.29, 0.717) is 6.54 Å². The summed E-state index contributed by atoms with van der Waals surface area (Å²) in [6, 6.07) is 0.106. The van der Waals surface area contributed by atoms with Crippen LogP contribution in [0, 0.1) is 6.92 Å². The molecule has 0 aliphatic heterocycles. The number of aromatic amines is 1. The van der Waals surface area contributed by atoms with Gasteiger partial charge in [-0.25, -0.2) is 9.97 Å². The van der Waals surface area contributed by atoms with Crippen molar-refractivity contribution in [3.8, 4) is 0 Å². The van der Waals surface area contributed by atoms with Crippen LogP contribution in [0.4, 0.5) is 5.82 Å². The molecule has 3 aromatic heterocycles. The minimum Gasteiger partial charge on any atom is -0.362 e. The van der Waals surface area contributed by atoms with Crippen LogP contribution in [0.25, 0.3) is 10.2 Å². The number of hydrogen-bond donors (Lipinski definition) is 3. The molecule has 0 saturated heterocycles. The van der Waals surface area contributed by atoms with Gasteiger partial charge in [-0.2, -0.15) is 4.98 Å². The van der Waals surface area contributed by atoms with E-state index >= 15 is 0 Å². The van der Waals surface area contributed by atoms with Crippen LogP contribution in [0.2, 0.25) is 5.28 Å². The van der Waals surface area contributed by atoms with Crippen LogP contribution < -0.4 is 11.1 Å². The lowest BCUT2D eigenvalue weighted by Gasteiger charge is -2.05. The lowest BCUT2D eigenvalue weighted by Crippen LogP contribution is -2.17. The van der Waals surface area contributed by atoms with Gasteiger partial charge in [0.15, 0.2) is 0 Å². The van der Waals surface area contributed by atoms with Gasteiger partial charge in [0.25, 0.3) is 0 Å². The maximum absolute atomic E-state index is 6.07. The molecule has 0 bridgehead atoms. The monoisotopic (exact) mass is 408 g/mol. The largest absolute Gasteiger partial charge is 0.362 e. The molecule has 132 valence electrons. The Kier molecular flexibility index (Phi) is 7.69. The molecule has 4 N–H and O–H groups in total. The van der Waals surface area contributed by atoms with Crippen LogP contribution in [-0.4, -0.2) is 26.0 Å². The Morgan fingerprint density at radius 1 is 1.38 bits per heavy atom. The number of nitrogens with one attached hydrogen (secondary N) is 2. The van der Waals surface area contributed by atoms with E-state index in [-0.39, 0.29) is 36.1 Å². The fourth-order valence-corrected chi connectivity index (χ4v) is 3.80. The van der Waals surface area contributed by atoms with E-state index < -0.39 is 0 Å². The van der Waals surface area contributed by atoms with Gasteiger partial charge < -0.3 is 16.0 Å². The Morgan fingerprint density at radius 3 is 2.75 bits per heavy atom. The molecule has 0 aromatic carbocycles. The first kappa shape index (κ1) is 20.9. The van der Waals surface area contributed by atoms with Crippen molar-refractivity contribution in [2.24, 2.45) is 5.73 Å². The molecule has 1 atom stereocenters. The summed E-state index contributed by atoms with van der Waals surface area (Å²) in [6.07, 6.45) is 4.33. The molecule has 6 nitrogen and oxygen atoms in total. The highest BCUT2D eigenvalue weighted by molar-refractivity contribution is 7.19. The predicted molar refractivity (Wildman–Crippen MR) is 105 cm³/mol. The number of imidazole rings is 1. The third-order valence-electron chi connectivity index (χ3n) is 3.32. The molecular weight excluding hydrogens is 391 g/mol. The lowest BCUT2D eigenvalue weighted by molar-refractivity contribution is 0.744. The van der Waals surface area contributed by atoms with Gasteiger partial charge in [-0.15, -0.1) is 36.2 Å². The zero-order valence-electron chi connectivity index (χ0n) is 13.2. The molecule has 10 heteroatoms. The van der Waals surface area contributed by atoms with E-state index in [2.05, 4.69) is 32.2 Å². The van der Waals surface area contributed by atoms with Crippen LogP contribution >= 0.6 is 47.8 Å². The van der Waals surface area contributed by atoms with Crippen molar-refractivity contribution in [2.45, 2.75) is 32.9 Å². The summed E-state index contributed by atoms with van der Waals surface area (Å²) in [6.45, 7) is 4.60. The molecule has 0 unspecified atom stereocenters. The van der Waals surface area contributed by atoms with Gasteiger partial charge >= 0.3 is 0 Å². The first-order chi connectivity index (χ1) is 10.5. The molecule has 0 aliphatic carbocycles. The molecule has 3 heterocycles.